The van der Waals surface area contributed by atoms with E-state index in [0.29, 0.717) is 6.54 Å². The number of hydrogen-bond donors (Lipinski definition) is 1. The van der Waals surface area contributed by atoms with Crippen LogP contribution in [0.25, 0.3) is 0 Å². The summed E-state index contributed by atoms with van der Waals surface area (Å²) in [6.45, 7) is 1.46. The number of halogens is 2. The minimum absolute atomic E-state index is 0.701. The van der Waals surface area contributed by atoms with Gasteiger partial charge < -0.3 is 9.88 Å². The summed E-state index contributed by atoms with van der Waals surface area (Å²) in [6, 6.07) is 15.7. The molecule has 3 aromatic rings. The van der Waals surface area contributed by atoms with E-state index in [4.69, 9.17) is 23.2 Å². The van der Waals surface area contributed by atoms with Gasteiger partial charge in [-0.25, -0.2) is 4.98 Å². The highest BCUT2D eigenvalue weighted by Crippen LogP contribution is 2.23. The number of benzene rings is 2. The molecule has 0 atom stereocenters. The number of H-pyrrole nitrogens is 1. The number of nitrogens with zero attached hydrogens (tertiary/aromatic N) is 2. The van der Waals surface area contributed by atoms with Crippen LogP contribution < -0.4 is 4.90 Å². The maximum absolute atomic E-state index is 6.13. The largest absolute Gasteiger partial charge is 0.361 e. The highest BCUT2D eigenvalue weighted by Gasteiger charge is 2.10. The first-order valence-corrected chi connectivity index (χ1v) is 7.69. The lowest BCUT2D eigenvalue weighted by atomic mass is 10.2. The van der Waals surface area contributed by atoms with Crippen molar-refractivity contribution in [3.05, 3.63) is 82.4 Å². The molecule has 0 aliphatic carbocycles. The van der Waals surface area contributed by atoms with Gasteiger partial charge in [0.05, 0.1) is 18.6 Å². The van der Waals surface area contributed by atoms with Crippen molar-refractivity contribution >= 4 is 28.9 Å². The topological polar surface area (TPSA) is 31.9 Å². The maximum Gasteiger partial charge on any atom is 0.0923 e. The van der Waals surface area contributed by atoms with E-state index >= 15 is 0 Å². The number of hydrogen-bond acceptors (Lipinski definition) is 2. The summed E-state index contributed by atoms with van der Waals surface area (Å²) in [5.74, 6) is 0. The van der Waals surface area contributed by atoms with Gasteiger partial charge in [-0.3, -0.25) is 0 Å². The molecule has 0 unspecified atom stereocenters. The van der Waals surface area contributed by atoms with E-state index in [1.165, 1.54) is 5.56 Å². The van der Waals surface area contributed by atoms with Gasteiger partial charge in [0.25, 0.3) is 0 Å². The molecule has 0 saturated heterocycles. The second-order valence-corrected chi connectivity index (χ2v) is 5.90. The molecule has 3 rings (SSSR count). The summed E-state index contributed by atoms with van der Waals surface area (Å²) in [5, 5.41) is 1.46. The lowest BCUT2D eigenvalue weighted by molar-refractivity contribution is 0.785. The van der Waals surface area contributed by atoms with Crippen LogP contribution in [0, 0.1) is 0 Å². The summed E-state index contributed by atoms with van der Waals surface area (Å²) in [6.07, 6.45) is 3.59. The van der Waals surface area contributed by atoms with Crippen LogP contribution >= 0.6 is 23.2 Å². The van der Waals surface area contributed by atoms with Crippen LogP contribution in [0.2, 0.25) is 10.0 Å². The van der Waals surface area contributed by atoms with Crippen molar-refractivity contribution in [3.8, 4) is 0 Å². The van der Waals surface area contributed by atoms with Crippen LogP contribution in [0.3, 0.4) is 0 Å². The molecule has 0 aliphatic heterocycles. The Kier molecular flexibility index (Phi) is 4.66. The Morgan fingerprint density at radius 3 is 2.45 bits per heavy atom. The molecular weight excluding hydrogens is 317 g/mol. The third kappa shape index (κ3) is 3.81. The van der Waals surface area contributed by atoms with Crippen LogP contribution in [0.5, 0.6) is 0 Å². The first-order chi connectivity index (χ1) is 10.7. The molecular formula is C17H15Cl2N3. The van der Waals surface area contributed by atoms with E-state index in [2.05, 4.69) is 20.9 Å². The quantitative estimate of drug-likeness (QED) is 0.719. The Morgan fingerprint density at radius 2 is 1.77 bits per heavy atom. The summed E-state index contributed by atoms with van der Waals surface area (Å²) < 4.78 is 0. The Balaban J connectivity index is 1.86. The summed E-state index contributed by atoms with van der Waals surface area (Å²) >= 11 is 12.1. The maximum atomic E-state index is 6.13. The predicted octanol–water partition coefficient (Wildman–Crippen LogP) is 4.92. The zero-order valence-electron chi connectivity index (χ0n) is 11.8. The van der Waals surface area contributed by atoms with Crippen molar-refractivity contribution in [2.24, 2.45) is 0 Å². The minimum Gasteiger partial charge on any atom is -0.361 e. The molecule has 1 heterocycles. The first-order valence-electron chi connectivity index (χ1n) is 6.93. The van der Waals surface area contributed by atoms with Gasteiger partial charge in [0.1, 0.15) is 0 Å². The summed E-state index contributed by atoms with van der Waals surface area (Å²) in [4.78, 5) is 9.52. The van der Waals surface area contributed by atoms with Crippen molar-refractivity contribution in [3.63, 3.8) is 0 Å². The van der Waals surface area contributed by atoms with Crippen molar-refractivity contribution in [2.75, 3.05) is 4.90 Å². The highest BCUT2D eigenvalue weighted by atomic mass is 35.5. The number of rotatable bonds is 5. The number of imidazole rings is 1. The normalized spacial score (nSPS) is 10.6. The molecule has 1 N–H and O–H groups in total. The van der Waals surface area contributed by atoms with E-state index in [1.54, 1.807) is 6.33 Å². The van der Waals surface area contributed by atoms with Crippen molar-refractivity contribution in [1.29, 1.82) is 0 Å². The molecule has 0 bridgehead atoms. The van der Waals surface area contributed by atoms with Gasteiger partial charge in [0.2, 0.25) is 0 Å². The molecule has 0 fully saturated rings. The Labute approximate surface area is 139 Å². The molecule has 3 nitrogen and oxygen atoms in total. The average molecular weight is 332 g/mol. The minimum atomic E-state index is 0.701. The standard InChI is InChI=1S/C17H15Cl2N3/c18-14-6-4-13(5-7-14)10-22(11-16-9-20-12-21-16)17-3-1-2-15(19)8-17/h1-9,12H,10-11H2,(H,20,21). The lowest BCUT2D eigenvalue weighted by Crippen LogP contribution is -2.22. The first kappa shape index (κ1) is 14.9. The van der Waals surface area contributed by atoms with E-state index < -0.39 is 0 Å². The Hall–Kier alpha value is -1.97. The Bertz CT molecular complexity index is 724. The third-order valence-corrected chi connectivity index (χ3v) is 3.85. The predicted molar refractivity (Wildman–Crippen MR) is 91.4 cm³/mol. The van der Waals surface area contributed by atoms with E-state index in [-0.39, 0.29) is 0 Å². The molecule has 0 radical (unpaired) electrons. The van der Waals surface area contributed by atoms with E-state index in [1.807, 2.05) is 48.7 Å². The van der Waals surface area contributed by atoms with Gasteiger partial charge >= 0.3 is 0 Å². The summed E-state index contributed by atoms with van der Waals surface area (Å²) in [5.41, 5.74) is 3.22. The van der Waals surface area contributed by atoms with Crippen molar-refractivity contribution in [2.45, 2.75) is 13.1 Å². The smallest absolute Gasteiger partial charge is 0.0923 e. The van der Waals surface area contributed by atoms with Gasteiger partial charge in [-0.1, -0.05) is 41.4 Å². The average Bonchev–Trinajstić information content (AvgIpc) is 3.02. The van der Waals surface area contributed by atoms with Gasteiger partial charge in [-0.05, 0) is 35.9 Å². The molecule has 5 heteroatoms. The molecule has 2 aromatic carbocycles. The van der Waals surface area contributed by atoms with E-state index in [0.717, 1.165) is 28.0 Å². The van der Waals surface area contributed by atoms with Gasteiger partial charge in [-0.2, -0.15) is 0 Å². The molecule has 0 spiro atoms. The third-order valence-electron chi connectivity index (χ3n) is 3.37. The van der Waals surface area contributed by atoms with Crippen LogP contribution in [-0.2, 0) is 13.1 Å². The lowest BCUT2D eigenvalue weighted by Gasteiger charge is -2.24. The fraction of sp³-hybridized carbons (Fsp3) is 0.118. The zero-order valence-corrected chi connectivity index (χ0v) is 13.3. The van der Waals surface area contributed by atoms with Crippen molar-refractivity contribution < 1.29 is 0 Å². The van der Waals surface area contributed by atoms with Crippen LogP contribution in [0.15, 0.2) is 61.1 Å². The SMILES string of the molecule is Clc1ccc(CN(Cc2c[nH]cn2)c2cccc(Cl)c2)cc1. The molecule has 1 aromatic heterocycles. The fourth-order valence-electron chi connectivity index (χ4n) is 2.29. The second-order valence-electron chi connectivity index (χ2n) is 5.02. The van der Waals surface area contributed by atoms with Crippen LogP contribution in [0.1, 0.15) is 11.3 Å². The summed E-state index contributed by atoms with van der Waals surface area (Å²) in [7, 11) is 0. The van der Waals surface area contributed by atoms with Gasteiger partial charge in [0, 0.05) is 28.5 Å². The molecule has 0 saturated carbocycles. The van der Waals surface area contributed by atoms with Crippen LogP contribution in [-0.4, -0.2) is 9.97 Å². The number of anilines is 1. The fourth-order valence-corrected chi connectivity index (χ4v) is 2.60. The van der Waals surface area contributed by atoms with Gasteiger partial charge in [0.15, 0.2) is 0 Å². The van der Waals surface area contributed by atoms with Crippen molar-refractivity contribution in [1.82, 2.24) is 9.97 Å². The zero-order chi connectivity index (χ0) is 15.4. The number of nitrogens with one attached hydrogen (secondary N) is 1. The van der Waals surface area contributed by atoms with E-state index in [9.17, 15) is 0 Å². The molecule has 22 heavy (non-hydrogen) atoms. The molecule has 0 aliphatic rings. The molecule has 112 valence electrons. The highest BCUT2D eigenvalue weighted by molar-refractivity contribution is 6.31. The van der Waals surface area contributed by atoms with Gasteiger partial charge in [-0.15, -0.1) is 0 Å². The second kappa shape index (κ2) is 6.86. The Morgan fingerprint density at radius 1 is 0.955 bits per heavy atom. The van der Waals surface area contributed by atoms with Crippen LogP contribution in [0.4, 0.5) is 5.69 Å². The number of aromatic amines is 1. The molecule has 0 amide bonds. The number of aromatic nitrogens is 2. The monoisotopic (exact) mass is 331 g/mol.